The fraction of sp³-hybridized carbons (Fsp3) is 0.154. The minimum atomic E-state index is -0.684. The van der Waals surface area contributed by atoms with Crippen LogP contribution in [0.1, 0.15) is 18.1 Å². The summed E-state index contributed by atoms with van der Waals surface area (Å²) in [5.41, 5.74) is 1.25. The van der Waals surface area contributed by atoms with Gasteiger partial charge in [-0.05, 0) is 18.6 Å². The molecule has 2 aromatic rings. The number of pyridine rings is 1. The first kappa shape index (κ1) is 12.4. The number of benzene rings is 1. The Hall–Kier alpha value is -1.09. The number of aliphatic hydroxyl groups is 1. The van der Waals surface area contributed by atoms with E-state index in [9.17, 15) is 5.11 Å². The Morgan fingerprint density at radius 2 is 2.18 bits per heavy atom. The predicted molar refractivity (Wildman–Crippen MR) is 71.5 cm³/mol. The van der Waals surface area contributed by atoms with E-state index < -0.39 is 6.10 Å². The number of hydrogen-bond donors (Lipinski definition) is 1. The molecule has 0 fully saturated rings. The third-order valence-corrected chi connectivity index (χ3v) is 3.13. The molecule has 0 aliphatic carbocycles. The van der Waals surface area contributed by atoms with E-state index in [1.54, 1.807) is 12.1 Å². The zero-order valence-electron chi connectivity index (χ0n) is 9.03. The third kappa shape index (κ3) is 2.44. The fourth-order valence-corrected chi connectivity index (χ4v) is 2.16. The Bertz CT molecular complexity index is 569. The summed E-state index contributed by atoms with van der Waals surface area (Å²) in [6.45, 7) is 3.59. The van der Waals surface area contributed by atoms with Gasteiger partial charge in [0.05, 0.1) is 16.6 Å². The number of nitrogens with zero attached hydrogens (tertiary/aromatic N) is 1. The molecule has 4 heteroatoms. The lowest BCUT2D eigenvalue weighted by Gasteiger charge is -2.11. The van der Waals surface area contributed by atoms with Gasteiger partial charge in [0.15, 0.2) is 0 Å². The maximum Gasteiger partial charge on any atom is 0.135 e. The van der Waals surface area contributed by atoms with Crippen LogP contribution in [-0.4, -0.2) is 10.1 Å². The Morgan fingerprint density at radius 1 is 1.41 bits per heavy atom. The van der Waals surface area contributed by atoms with E-state index in [-0.39, 0.29) is 5.15 Å². The Balaban J connectivity index is 2.59. The monoisotopic (exact) mass is 267 g/mol. The second-order valence-electron chi connectivity index (χ2n) is 3.72. The molecule has 1 atom stereocenters. The van der Waals surface area contributed by atoms with Gasteiger partial charge in [0, 0.05) is 10.9 Å². The molecule has 0 saturated carbocycles. The van der Waals surface area contributed by atoms with Crippen molar-refractivity contribution in [3.63, 3.8) is 0 Å². The van der Waals surface area contributed by atoms with E-state index in [1.165, 1.54) is 0 Å². The van der Waals surface area contributed by atoms with Gasteiger partial charge in [-0.1, -0.05) is 41.4 Å². The van der Waals surface area contributed by atoms with Crippen LogP contribution in [0, 0.1) is 0 Å². The number of rotatable bonds is 3. The molecular formula is C13H11Cl2NO. The van der Waals surface area contributed by atoms with Crippen LogP contribution >= 0.6 is 23.2 Å². The fourth-order valence-electron chi connectivity index (χ4n) is 1.67. The van der Waals surface area contributed by atoms with Crippen LogP contribution in [0.3, 0.4) is 0 Å². The zero-order valence-corrected chi connectivity index (χ0v) is 10.5. The molecular weight excluding hydrogens is 257 g/mol. The minimum absolute atomic E-state index is 0.278. The number of para-hydroxylation sites is 1. The van der Waals surface area contributed by atoms with Crippen molar-refractivity contribution in [2.75, 3.05) is 0 Å². The van der Waals surface area contributed by atoms with Gasteiger partial charge in [-0.2, -0.15) is 0 Å². The van der Waals surface area contributed by atoms with E-state index in [1.807, 2.05) is 18.2 Å². The number of aromatic nitrogens is 1. The first-order valence-corrected chi connectivity index (χ1v) is 5.92. The average Bonchev–Trinajstić information content (AvgIpc) is 2.30. The van der Waals surface area contributed by atoms with Crippen molar-refractivity contribution < 1.29 is 5.11 Å². The molecule has 0 spiro atoms. The number of halogens is 2. The molecule has 1 heterocycles. The summed E-state index contributed by atoms with van der Waals surface area (Å²) in [5.74, 6) is 0. The van der Waals surface area contributed by atoms with Crippen molar-refractivity contribution in [2.24, 2.45) is 0 Å². The van der Waals surface area contributed by atoms with Crippen LogP contribution in [0.25, 0.3) is 10.9 Å². The zero-order chi connectivity index (χ0) is 12.4. The van der Waals surface area contributed by atoms with Crippen LogP contribution in [0.5, 0.6) is 0 Å². The first-order chi connectivity index (χ1) is 8.13. The molecule has 0 bridgehead atoms. The molecule has 1 aromatic heterocycles. The molecule has 2 rings (SSSR count). The molecule has 0 amide bonds. The highest BCUT2D eigenvalue weighted by molar-refractivity contribution is 6.35. The van der Waals surface area contributed by atoms with Crippen molar-refractivity contribution in [3.8, 4) is 0 Å². The number of fused-ring (bicyclic) bond motifs is 1. The molecule has 0 unspecified atom stereocenters. The van der Waals surface area contributed by atoms with Gasteiger partial charge in [0.1, 0.15) is 5.15 Å². The Labute approximate surface area is 110 Å². The molecule has 2 nitrogen and oxygen atoms in total. The van der Waals surface area contributed by atoms with E-state index >= 15 is 0 Å². The highest BCUT2D eigenvalue weighted by atomic mass is 35.5. The summed E-state index contributed by atoms with van der Waals surface area (Å²) in [6, 6.07) is 7.29. The molecule has 1 N–H and O–H groups in total. The van der Waals surface area contributed by atoms with Crippen molar-refractivity contribution in [1.29, 1.82) is 0 Å². The van der Waals surface area contributed by atoms with Crippen LogP contribution in [0.2, 0.25) is 10.2 Å². The van der Waals surface area contributed by atoms with Crippen molar-refractivity contribution >= 4 is 34.1 Å². The topological polar surface area (TPSA) is 33.1 Å². The summed E-state index contributed by atoms with van der Waals surface area (Å²) in [5, 5.41) is 11.6. The van der Waals surface area contributed by atoms with E-state index in [4.69, 9.17) is 23.2 Å². The van der Waals surface area contributed by atoms with Gasteiger partial charge in [-0.15, -0.1) is 6.58 Å². The molecule has 0 aliphatic rings. The maximum atomic E-state index is 9.90. The van der Waals surface area contributed by atoms with Gasteiger partial charge in [-0.3, -0.25) is 0 Å². The predicted octanol–water partition coefficient (Wildman–Crippen LogP) is 4.15. The quantitative estimate of drug-likeness (QED) is 0.670. The lowest BCUT2D eigenvalue weighted by atomic mass is 10.1. The molecule has 1 aromatic carbocycles. The van der Waals surface area contributed by atoms with E-state index in [0.717, 1.165) is 5.39 Å². The van der Waals surface area contributed by atoms with Crippen LogP contribution in [-0.2, 0) is 0 Å². The Kier molecular flexibility index (Phi) is 3.67. The summed E-state index contributed by atoms with van der Waals surface area (Å²) < 4.78 is 0. The van der Waals surface area contributed by atoms with Gasteiger partial charge in [-0.25, -0.2) is 4.98 Å². The smallest absolute Gasteiger partial charge is 0.135 e. The Morgan fingerprint density at radius 3 is 2.88 bits per heavy atom. The average molecular weight is 268 g/mol. The largest absolute Gasteiger partial charge is 0.388 e. The lowest BCUT2D eigenvalue weighted by molar-refractivity contribution is 0.181. The standard InChI is InChI=1S/C13H11Cl2NO/c1-2-4-11(17)9-7-8-5-3-6-10(14)12(8)16-13(9)15/h2-3,5-7,11,17H,1,4H2/t11-/m1/s1. The van der Waals surface area contributed by atoms with Crippen molar-refractivity contribution in [2.45, 2.75) is 12.5 Å². The van der Waals surface area contributed by atoms with Gasteiger partial charge in [0.25, 0.3) is 0 Å². The highest BCUT2D eigenvalue weighted by Crippen LogP contribution is 2.30. The summed E-state index contributed by atoms with van der Waals surface area (Å²) >= 11 is 12.1. The van der Waals surface area contributed by atoms with Crippen molar-refractivity contribution in [3.05, 3.63) is 52.7 Å². The maximum absolute atomic E-state index is 9.90. The second kappa shape index (κ2) is 5.05. The van der Waals surface area contributed by atoms with Crippen LogP contribution in [0.15, 0.2) is 36.9 Å². The minimum Gasteiger partial charge on any atom is -0.388 e. The molecule has 0 saturated heterocycles. The summed E-state index contributed by atoms with van der Waals surface area (Å²) in [6.07, 6.45) is 1.40. The molecule has 88 valence electrons. The van der Waals surface area contributed by atoms with E-state index in [2.05, 4.69) is 11.6 Å². The molecule has 0 radical (unpaired) electrons. The van der Waals surface area contributed by atoms with Gasteiger partial charge >= 0.3 is 0 Å². The van der Waals surface area contributed by atoms with Crippen LogP contribution < -0.4 is 0 Å². The molecule has 0 aliphatic heterocycles. The number of hydrogen-bond acceptors (Lipinski definition) is 2. The number of aliphatic hydroxyl groups excluding tert-OH is 1. The normalized spacial score (nSPS) is 12.6. The van der Waals surface area contributed by atoms with Gasteiger partial charge in [0.2, 0.25) is 0 Å². The third-order valence-electron chi connectivity index (χ3n) is 2.53. The first-order valence-electron chi connectivity index (χ1n) is 5.17. The summed E-state index contributed by atoms with van der Waals surface area (Å²) in [4.78, 5) is 4.22. The summed E-state index contributed by atoms with van der Waals surface area (Å²) in [7, 11) is 0. The van der Waals surface area contributed by atoms with Gasteiger partial charge < -0.3 is 5.11 Å². The van der Waals surface area contributed by atoms with Crippen LogP contribution in [0.4, 0.5) is 0 Å². The molecule has 17 heavy (non-hydrogen) atoms. The lowest BCUT2D eigenvalue weighted by Crippen LogP contribution is -1.99. The van der Waals surface area contributed by atoms with E-state index in [0.29, 0.717) is 22.5 Å². The highest BCUT2D eigenvalue weighted by Gasteiger charge is 2.13. The SMILES string of the molecule is C=CC[C@@H](O)c1cc2cccc(Cl)c2nc1Cl. The van der Waals surface area contributed by atoms with Crippen molar-refractivity contribution in [1.82, 2.24) is 4.98 Å². The second-order valence-corrected chi connectivity index (χ2v) is 4.49.